The van der Waals surface area contributed by atoms with Crippen molar-refractivity contribution < 1.29 is 0 Å². The van der Waals surface area contributed by atoms with Crippen LogP contribution in [0.5, 0.6) is 0 Å². The van der Waals surface area contributed by atoms with E-state index in [4.69, 9.17) is 46.4 Å². The molecule has 6 heteroatoms. The summed E-state index contributed by atoms with van der Waals surface area (Å²) in [5, 5.41) is 10.5. The van der Waals surface area contributed by atoms with E-state index in [-0.39, 0.29) is 6.04 Å². The topological polar surface area (TPSA) is 24.7 Å². The van der Waals surface area contributed by atoms with Gasteiger partial charge in [0.25, 0.3) is 0 Å². The van der Waals surface area contributed by atoms with Crippen LogP contribution in [-0.4, -0.2) is 0 Å². The molecule has 0 saturated heterocycles. The molecule has 0 heterocycles. The van der Waals surface area contributed by atoms with Crippen molar-refractivity contribution in [3.05, 3.63) is 62.1 Å². The second kappa shape index (κ2) is 6.77. The van der Waals surface area contributed by atoms with Gasteiger partial charge in [-0.15, -0.1) is 0 Å². The van der Waals surface area contributed by atoms with Crippen molar-refractivity contribution in [2.45, 2.75) is 13.0 Å². The van der Waals surface area contributed by atoms with E-state index in [1.807, 2.05) is 19.1 Å². The lowest BCUT2D eigenvalue weighted by Crippen LogP contribution is -1.88. The number of hydrogen-bond acceptors (Lipinski definition) is 2. The summed E-state index contributed by atoms with van der Waals surface area (Å²) in [4.78, 5) is 0. The zero-order valence-electron chi connectivity index (χ0n) is 10.4. The Morgan fingerprint density at radius 2 is 1.20 bits per heavy atom. The standard InChI is InChI=1S/C14H10Cl4N2/c1-8(9-2-10(15)4-11(16)3-9)19-20-14-6-12(17)5-13(18)7-14/h2-8H,1H3. The Hall–Kier alpha value is -0.800. The van der Waals surface area contributed by atoms with E-state index >= 15 is 0 Å². The number of hydrogen-bond donors (Lipinski definition) is 0. The monoisotopic (exact) mass is 346 g/mol. The van der Waals surface area contributed by atoms with Crippen LogP contribution in [0.3, 0.4) is 0 Å². The molecule has 0 bridgehead atoms. The Morgan fingerprint density at radius 3 is 1.70 bits per heavy atom. The van der Waals surface area contributed by atoms with Gasteiger partial charge in [-0.2, -0.15) is 10.2 Å². The average Bonchev–Trinajstić information content (AvgIpc) is 2.33. The predicted octanol–water partition coefficient (Wildman–Crippen LogP) is 7.15. The molecule has 20 heavy (non-hydrogen) atoms. The van der Waals surface area contributed by atoms with Gasteiger partial charge in [-0.05, 0) is 48.9 Å². The zero-order valence-corrected chi connectivity index (χ0v) is 13.5. The van der Waals surface area contributed by atoms with Crippen LogP contribution < -0.4 is 0 Å². The second-order valence-electron chi connectivity index (χ2n) is 4.22. The van der Waals surface area contributed by atoms with Crippen molar-refractivity contribution in [1.82, 2.24) is 0 Å². The first kappa shape index (κ1) is 15.6. The van der Waals surface area contributed by atoms with Gasteiger partial charge in [0.1, 0.15) is 0 Å². The molecule has 0 aliphatic heterocycles. The summed E-state index contributed by atoms with van der Waals surface area (Å²) in [6, 6.07) is 10.1. The highest BCUT2D eigenvalue weighted by Gasteiger charge is 2.06. The highest BCUT2D eigenvalue weighted by molar-refractivity contribution is 6.35. The minimum absolute atomic E-state index is 0.177. The molecule has 1 atom stereocenters. The fourth-order valence-electron chi connectivity index (χ4n) is 1.63. The largest absolute Gasteiger partial charge is 0.181 e. The first-order valence-corrected chi connectivity index (χ1v) is 7.28. The molecule has 0 aromatic heterocycles. The summed E-state index contributed by atoms with van der Waals surface area (Å²) < 4.78 is 0. The second-order valence-corrected chi connectivity index (χ2v) is 5.97. The van der Waals surface area contributed by atoms with E-state index in [0.717, 1.165) is 5.56 Å². The molecule has 0 aliphatic rings. The van der Waals surface area contributed by atoms with Gasteiger partial charge in [-0.25, -0.2) is 0 Å². The van der Waals surface area contributed by atoms with Crippen LogP contribution in [0.1, 0.15) is 18.5 Å². The predicted molar refractivity (Wildman–Crippen MR) is 85.9 cm³/mol. The van der Waals surface area contributed by atoms with Gasteiger partial charge in [-0.3, -0.25) is 0 Å². The summed E-state index contributed by atoms with van der Waals surface area (Å²) in [6.07, 6.45) is 0. The molecule has 0 aliphatic carbocycles. The van der Waals surface area contributed by atoms with Gasteiger partial charge in [0.05, 0.1) is 11.7 Å². The Morgan fingerprint density at radius 1 is 0.750 bits per heavy atom. The van der Waals surface area contributed by atoms with Crippen LogP contribution in [0, 0.1) is 0 Å². The van der Waals surface area contributed by atoms with Gasteiger partial charge >= 0.3 is 0 Å². The van der Waals surface area contributed by atoms with Crippen molar-refractivity contribution >= 4 is 52.1 Å². The van der Waals surface area contributed by atoms with E-state index in [9.17, 15) is 0 Å². The number of azo groups is 1. The molecule has 0 spiro atoms. The van der Waals surface area contributed by atoms with Crippen LogP contribution in [0.15, 0.2) is 46.6 Å². The number of benzene rings is 2. The van der Waals surface area contributed by atoms with Gasteiger partial charge in [0, 0.05) is 20.1 Å². The molecular formula is C14H10Cl4N2. The van der Waals surface area contributed by atoms with Crippen molar-refractivity contribution in [3.8, 4) is 0 Å². The van der Waals surface area contributed by atoms with Crippen molar-refractivity contribution in [3.63, 3.8) is 0 Å². The molecule has 2 aromatic rings. The molecule has 0 fully saturated rings. The molecule has 0 amide bonds. The lowest BCUT2D eigenvalue weighted by atomic mass is 10.1. The molecule has 2 aromatic carbocycles. The van der Waals surface area contributed by atoms with Crippen LogP contribution in [0.25, 0.3) is 0 Å². The summed E-state index contributed by atoms with van der Waals surface area (Å²) in [5.41, 5.74) is 1.49. The van der Waals surface area contributed by atoms with Crippen LogP contribution in [-0.2, 0) is 0 Å². The van der Waals surface area contributed by atoms with Crippen molar-refractivity contribution in [1.29, 1.82) is 0 Å². The summed E-state index contributed by atoms with van der Waals surface area (Å²) in [7, 11) is 0. The van der Waals surface area contributed by atoms with Crippen LogP contribution in [0.2, 0.25) is 20.1 Å². The summed E-state index contributed by atoms with van der Waals surface area (Å²) >= 11 is 23.7. The fraction of sp³-hybridized carbons (Fsp3) is 0.143. The summed E-state index contributed by atoms with van der Waals surface area (Å²) in [5.74, 6) is 0. The first-order chi connectivity index (χ1) is 9.44. The molecular weight excluding hydrogens is 338 g/mol. The smallest absolute Gasteiger partial charge is 0.0935 e. The third kappa shape index (κ3) is 4.35. The van der Waals surface area contributed by atoms with Crippen molar-refractivity contribution in [2.75, 3.05) is 0 Å². The Labute approximate surface area is 137 Å². The minimum Gasteiger partial charge on any atom is -0.181 e. The van der Waals surface area contributed by atoms with E-state index in [1.165, 1.54) is 0 Å². The SMILES string of the molecule is CC(N=Nc1cc(Cl)cc(Cl)c1)c1cc(Cl)cc(Cl)c1. The van der Waals surface area contributed by atoms with Crippen LogP contribution in [0.4, 0.5) is 5.69 Å². The number of rotatable bonds is 3. The average molecular weight is 348 g/mol. The number of halogens is 4. The molecule has 104 valence electrons. The lowest BCUT2D eigenvalue weighted by molar-refractivity contribution is 0.764. The first-order valence-electron chi connectivity index (χ1n) is 5.77. The Bertz CT molecular complexity index is 615. The van der Waals surface area contributed by atoms with Crippen LogP contribution >= 0.6 is 46.4 Å². The Balaban J connectivity index is 2.21. The maximum atomic E-state index is 5.96. The maximum Gasteiger partial charge on any atom is 0.0935 e. The van der Waals surface area contributed by atoms with Gasteiger partial charge in [0.2, 0.25) is 0 Å². The molecule has 2 nitrogen and oxygen atoms in total. The quantitative estimate of drug-likeness (QED) is 0.527. The molecule has 0 radical (unpaired) electrons. The minimum atomic E-state index is -0.177. The Kier molecular flexibility index (Phi) is 5.28. The van der Waals surface area contributed by atoms with Gasteiger partial charge in [0.15, 0.2) is 0 Å². The maximum absolute atomic E-state index is 5.96. The third-order valence-electron chi connectivity index (χ3n) is 2.56. The van der Waals surface area contributed by atoms with Gasteiger partial charge in [-0.1, -0.05) is 46.4 Å². The van der Waals surface area contributed by atoms with E-state index in [2.05, 4.69) is 10.2 Å². The van der Waals surface area contributed by atoms with E-state index in [0.29, 0.717) is 25.8 Å². The highest BCUT2D eigenvalue weighted by atomic mass is 35.5. The highest BCUT2D eigenvalue weighted by Crippen LogP contribution is 2.28. The normalized spacial score (nSPS) is 12.8. The molecule has 0 N–H and O–H groups in total. The summed E-state index contributed by atoms with van der Waals surface area (Å²) in [6.45, 7) is 1.90. The fourth-order valence-corrected chi connectivity index (χ4v) is 2.69. The third-order valence-corrected chi connectivity index (χ3v) is 3.43. The van der Waals surface area contributed by atoms with Crippen molar-refractivity contribution in [2.24, 2.45) is 10.2 Å². The molecule has 0 saturated carbocycles. The van der Waals surface area contributed by atoms with Gasteiger partial charge < -0.3 is 0 Å². The zero-order chi connectivity index (χ0) is 14.7. The molecule has 1 unspecified atom stereocenters. The van der Waals surface area contributed by atoms with E-state index in [1.54, 1.807) is 24.3 Å². The lowest BCUT2D eigenvalue weighted by Gasteiger charge is -2.07. The number of nitrogens with zero attached hydrogens (tertiary/aromatic N) is 2. The molecule has 2 rings (SSSR count). The van der Waals surface area contributed by atoms with E-state index < -0.39 is 0 Å².